The van der Waals surface area contributed by atoms with Gasteiger partial charge in [0.15, 0.2) is 0 Å². The number of likely N-dealkylation sites (tertiary alicyclic amines) is 1. The van der Waals surface area contributed by atoms with Gasteiger partial charge in [-0.15, -0.1) is 0 Å². The third-order valence-corrected chi connectivity index (χ3v) is 7.27. The summed E-state index contributed by atoms with van der Waals surface area (Å²) in [6, 6.07) is 14.4. The number of morpholine rings is 1. The molecule has 2 aliphatic heterocycles. The number of nitrogens with zero attached hydrogens (tertiary/aromatic N) is 2. The average molecular weight is 521 g/mol. The molecular formula is C31H40N2O5. The van der Waals surface area contributed by atoms with Gasteiger partial charge >= 0.3 is 0 Å². The quantitative estimate of drug-likeness (QED) is 0.219. The number of carbonyl (C=O) groups excluding carboxylic acids is 2. The van der Waals surface area contributed by atoms with Crippen LogP contribution >= 0.6 is 0 Å². The molecule has 2 saturated heterocycles. The van der Waals surface area contributed by atoms with Gasteiger partial charge in [-0.25, -0.2) is 0 Å². The Hall–Kier alpha value is -3.16. The summed E-state index contributed by atoms with van der Waals surface area (Å²) >= 11 is 0. The summed E-state index contributed by atoms with van der Waals surface area (Å²) < 4.78 is 11.3. The van der Waals surface area contributed by atoms with Crippen LogP contribution in [0, 0.1) is 0 Å². The summed E-state index contributed by atoms with van der Waals surface area (Å²) in [5, 5.41) is 11.5. The van der Waals surface area contributed by atoms with Gasteiger partial charge in [-0.1, -0.05) is 70.5 Å². The average Bonchev–Trinajstić information content (AvgIpc) is 3.17. The zero-order chi connectivity index (χ0) is 27.3. The molecule has 0 aliphatic carbocycles. The summed E-state index contributed by atoms with van der Waals surface area (Å²) in [7, 11) is 0. The first-order valence-electron chi connectivity index (χ1n) is 13.6. The monoisotopic (exact) mass is 520 g/mol. The minimum atomic E-state index is -0.672. The number of hydrogen-bond acceptors (Lipinski definition) is 6. The number of ketones is 1. The Morgan fingerprint density at radius 1 is 1.05 bits per heavy atom. The molecule has 7 heteroatoms. The molecule has 7 nitrogen and oxygen atoms in total. The maximum absolute atomic E-state index is 13.4. The highest BCUT2D eigenvalue weighted by atomic mass is 16.5. The van der Waals surface area contributed by atoms with E-state index in [4.69, 9.17) is 9.47 Å². The number of ether oxygens (including phenoxy) is 2. The summed E-state index contributed by atoms with van der Waals surface area (Å²) in [5.41, 5.74) is 2.50. The van der Waals surface area contributed by atoms with Crippen LogP contribution in [0.25, 0.3) is 5.76 Å². The van der Waals surface area contributed by atoms with Crippen LogP contribution in [0.2, 0.25) is 0 Å². The van der Waals surface area contributed by atoms with E-state index in [2.05, 4.69) is 32.6 Å². The maximum Gasteiger partial charge on any atom is 0.295 e. The van der Waals surface area contributed by atoms with Crippen LogP contribution in [-0.4, -0.2) is 72.6 Å². The minimum Gasteiger partial charge on any atom is -0.507 e. The summed E-state index contributed by atoms with van der Waals surface area (Å²) in [4.78, 5) is 30.6. The molecule has 0 spiro atoms. The molecule has 4 rings (SSSR count). The van der Waals surface area contributed by atoms with E-state index in [1.165, 1.54) is 0 Å². The molecule has 1 unspecified atom stereocenters. The largest absolute Gasteiger partial charge is 0.507 e. The Morgan fingerprint density at radius 2 is 1.76 bits per heavy atom. The predicted molar refractivity (Wildman–Crippen MR) is 148 cm³/mol. The van der Waals surface area contributed by atoms with Crippen LogP contribution in [0.3, 0.4) is 0 Å². The van der Waals surface area contributed by atoms with E-state index in [9.17, 15) is 14.7 Å². The van der Waals surface area contributed by atoms with Gasteiger partial charge in [-0.3, -0.25) is 14.5 Å². The molecule has 0 aromatic heterocycles. The van der Waals surface area contributed by atoms with E-state index in [1.54, 1.807) is 23.1 Å². The van der Waals surface area contributed by atoms with Crippen molar-refractivity contribution in [3.8, 4) is 5.75 Å². The van der Waals surface area contributed by atoms with Gasteiger partial charge in [0.2, 0.25) is 0 Å². The molecule has 2 heterocycles. The summed E-state index contributed by atoms with van der Waals surface area (Å²) in [6.07, 6.45) is 1.94. The zero-order valence-electron chi connectivity index (χ0n) is 23.0. The van der Waals surface area contributed by atoms with Crippen molar-refractivity contribution in [2.24, 2.45) is 0 Å². The molecule has 1 amide bonds. The smallest absolute Gasteiger partial charge is 0.295 e. The van der Waals surface area contributed by atoms with Crippen molar-refractivity contribution in [2.75, 3.05) is 46.0 Å². The van der Waals surface area contributed by atoms with Crippen molar-refractivity contribution in [3.63, 3.8) is 0 Å². The summed E-state index contributed by atoms with van der Waals surface area (Å²) in [6.45, 7) is 13.0. The van der Waals surface area contributed by atoms with Crippen molar-refractivity contribution in [3.05, 3.63) is 70.8 Å². The van der Waals surface area contributed by atoms with Gasteiger partial charge < -0.3 is 19.5 Å². The third-order valence-electron chi connectivity index (χ3n) is 7.27. The van der Waals surface area contributed by atoms with E-state index in [-0.39, 0.29) is 16.7 Å². The number of aliphatic hydroxyl groups is 1. The molecule has 204 valence electrons. The lowest BCUT2D eigenvalue weighted by molar-refractivity contribution is -0.140. The van der Waals surface area contributed by atoms with Gasteiger partial charge in [0.25, 0.3) is 11.7 Å². The van der Waals surface area contributed by atoms with Crippen molar-refractivity contribution in [1.82, 2.24) is 9.80 Å². The van der Waals surface area contributed by atoms with Crippen LogP contribution in [0.15, 0.2) is 54.1 Å². The fourth-order valence-electron chi connectivity index (χ4n) is 4.92. The number of rotatable bonds is 9. The second kappa shape index (κ2) is 12.1. The van der Waals surface area contributed by atoms with Gasteiger partial charge in [0, 0.05) is 31.7 Å². The second-order valence-electron chi connectivity index (χ2n) is 11.0. The molecule has 0 saturated carbocycles. The highest BCUT2D eigenvalue weighted by molar-refractivity contribution is 6.46. The first kappa shape index (κ1) is 27.9. The van der Waals surface area contributed by atoms with Crippen molar-refractivity contribution in [2.45, 2.75) is 52.0 Å². The van der Waals surface area contributed by atoms with Crippen molar-refractivity contribution >= 4 is 17.4 Å². The van der Waals surface area contributed by atoms with Crippen molar-refractivity contribution < 1.29 is 24.2 Å². The Morgan fingerprint density at radius 3 is 2.42 bits per heavy atom. The number of Topliss-reactive ketones (excluding diaryl/α,β-unsaturated/α-hetero) is 1. The van der Waals surface area contributed by atoms with E-state index < -0.39 is 17.7 Å². The first-order chi connectivity index (χ1) is 18.2. The number of aliphatic hydroxyl groups excluding tert-OH is 1. The molecule has 1 N–H and O–H groups in total. The number of carbonyl (C=O) groups is 2. The topological polar surface area (TPSA) is 79.3 Å². The van der Waals surface area contributed by atoms with Crippen molar-refractivity contribution in [1.29, 1.82) is 0 Å². The Kier molecular flexibility index (Phi) is 8.90. The maximum atomic E-state index is 13.4. The molecule has 2 aromatic carbocycles. The molecular weight excluding hydrogens is 480 g/mol. The minimum absolute atomic E-state index is 0.0328. The SMILES string of the molecule is CCCCOc1cccc(/C(O)=C2\C(=O)C(=O)N(CCN3CCOCC3)C2c2ccc(C(C)(C)C)cc2)c1. The first-order valence-corrected chi connectivity index (χ1v) is 13.6. The molecule has 2 aromatic rings. The van der Waals surface area contributed by atoms with Gasteiger partial charge in [0.1, 0.15) is 11.5 Å². The zero-order valence-corrected chi connectivity index (χ0v) is 23.0. The van der Waals surface area contributed by atoms with Gasteiger partial charge in [-0.05, 0) is 35.1 Å². The number of amides is 1. The van der Waals surface area contributed by atoms with Gasteiger partial charge in [-0.2, -0.15) is 0 Å². The number of benzene rings is 2. The fraction of sp³-hybridized carbons (Fsp3) is 0.484. The number of unbranched alkanes of at least 4 members (excludes halogenated alkanes) is 1. The fourth-order valence-corrected chi connectivity index (χ4v) is 4.92. The number of hydrogen-bond donors (Lipinski definition) is 1. The third kappa shape index (κ3) is 6.27. The highest BCUT2D eigenvalue weighted by Crippen LogP contribution is 2.40. The standard InChI is InChI=1S/C31H40N2O5/c1-5-6-18-38-25-9-7-8-23(21-25)28(34)26-27(22-10-12-24(13-11-22)31(2,3)4)33(30(36)29(26)35)15-14-32-16-19-37-20-17-32/h7-13,21,27,34H,5-6,14-20H2,1-4H3/b28-26+. The lowest BCUT2D eigenvalue weighted by atomic mass is 9.85. The summed E-state index contributed by atoms with van der Waals surface area (Å²) in [5.74, 6) is -0.801. The van der Waals surface area contributed by atoms with Crippen LogP contribution in [0.1, 0.15) is 63.3 Å². The highest BCUT2D eigenvalue weighted by Gasteiger charge is 2.46. The lowest BCUT2D eigenvalue weighted by Crippen LogP contribution is -2.42. The van der Waals surface area contributed by atoms with Crippen LogP contribution in [0.5, 0.6) is 5.75 Å². The predicted octanol–water partition coefficient (Wildman–Crippen LogP) is 4.92. The van der Waals surface area contributed by atoms with E-state index in [1.807, 2.05) is 30.3 Å². The Balaban J connectivity index is 1.71. The lowest BCUT2D eigenvalue weighted by Gasteiger charge is -2.31. The van der Waals surface area contributed by atoms with Gasteiger partial charge in [0.05, 0.1) is 31.4 Å². The van der Waals surface area contributed by atoms with Crippen LogP contribution in [0.4, 0.5) is 0 Å². The van der Waals surface area contributed by atoms with E-state index >= 15 is 0 Å². The van der Waals surface area contributed by atoms with Crippen LogP contribution in [-0.2, 0) is 19.7 Å². The second-order valence-corrected chi connectivity index (χ2v) is 11.0. The van der Waals surface area contributed by atoms with Crippen LogP contribution < -0.4 is 4.74 Å². The Labute approximate surface area is 226 Å². The molecule has 38 heavy (non-hydrogen) atoms. The normalized spacial score (nSPS) is 20.2. The molecule has 0 bridgehead atoms. The Bertz CT molecular complexity index is 1160. The molecule has 1 atom stereocenters. The van der Waals surface area contributed by atoms with E-state index in [0.717, 1.165) is 37.1 Å². The molecule has 0 radical (unpaired) electrons. The molecule has 2 aliphatic rings. The molecule has 2 fully saturated rings. The van der Waals surface area contributed by atoms with E-state index in [0.29, 0.717) is 44.2 Å².